The molecule has 7 nitrogen and oxygen atoms in total. The third-order valence-corrected chi connectivity index (χ3v) is 3.17. The lowest BCUT2D eigenvalue weighted by Gasteiger charge is -2.36. The van der Waals surface area contributed by atoms with Crippen LogP contribution in [0.5, 0.6) is 0 Å². The first-order valence-corrected chi connectivity index (χ1v) is 6.54. The molecule has 1 aromatic heterocycles. The monoisotopic (exact) mass is 280 g/mol. The van der Waals surface area contributed by atoms with Gasteiger partial charge in [-0.2, -0.15) is 0 Å². The van der Waals surface area contributed by atoms with Crippen LogP contribution in [0.15, 0.2) is 12.1 Å². The Hall–Kier alpha value is -1.70. The van der Waals surface area contributed by atoms with Crippen molar-refractivity contribution in [3.8, 4) is 0 Å². The smallest absolute Gasteiger partial charge is 0.254 e. The largest absolute Gasteiger partial charge is 0.394 e. The molecule has 1 aromatic rings. The molecule has 0 aromatic carbocycles. The summed E-state index contributed by atoms with van der Waals surface area (Å²) in [5.74, 6) is 5.68. The lowest BCUT2D eigenvalue weighted by molar-refractivity contribution is -0.0858. The summed E-state index contributed by atoms with van der Waals surface area (Å²) in [6.07, 6.45) is -0.433. The second-order valence-electron chi connectivity index (χ2n) is 4.99. The lowest BCUT2D eigenvalue weighted by Crippen LogP contribution is -2.50. The Morgan fingerprint density at radius 3 is 3.00 bits per heavy atom. The van der Waals surface area contributed by atoms with Crippen LogP contribution in [-0.4, -0.2) is 52.8 Å². The number of aryl methyl sites for hydroxylation is 1. The van der Waals surface area contributed by atoms with E-state index in [4.69, 9.17) is 10.6 Å². The van der Waals surface area contributed by atoms with Crippen LogP contribution >= 0.6 is 0 Å². The standard InChI is InChI=1S/C13H20N4O3/c1-8-3-10(4-12(15-8)16-14)13(19)17-5-9(2)20-11(6-17)7-18/h3-4,9,11,18H,5-7,14H2,1-2H3,(H,15,16). The van der Waals surface area contributed by atoms with Crippen molar-refractivity contribution in [1.29, 1.82) is 0 Å². The number of morpholine rings is 1. The number of ether oxygens (including phenoxy) is 1. The number of aliphatic hydroxyl groups is 1. The maximum atomic E-state index is 12.5. The molecule has 7 heteroatoms. The van der Waals surface area contributed by atoms with Gasteiger partial charge in [0.25, 0.3) is 5.91 Å². The predicted molar refractivity (Wildman–Crippen MR) is 74.1 cm³/mol. The van der Waals surface area contributed by atoms with Crippen molar-refractivity contribution in [3.63, 3.8) is 0 Å². The van der Waals surface area contributed by atoms with Gasteiger partial charge in [0, 0.05) is 24.3 Å². The number of rotatable bonds is 3. The normalized spacial score (nSPS) is 22.7. The van der Waals surface area contributed by atoms with Crippen LogP contribution in [-0.2, 0) is 4.74 Å². The summed E-state index contributed by atoms with van der Waals surface area (Å²) >= 11 is 0. The molecule has 2 rings (SSSR count). The van der Waals surface area contributed by atoms with E-state index in [1.54, 1.807) is 24.0 Å². The summed E-state index contributed by atoms with van der Waals surface area (Å²) in [4.78, 5) is 18.4. The predicted octanol–water partition coefficient (Wildman–Crippen LogP) is -0.103. The lowest BCUT2D eigenvalue weighted by atomic mass is 10.1. The van der Waals surface area contributed by atoms with Gasteiger partial charge in [0.15, 0.2) is 0 Å². The molecule has 0 bridgehead atoms. The summed E-state index contributed by atoms with van der Waals surface area (Å²) in [6.45, 7) is 4.47. The van der Waals surface area contributed by atoms with Crippen molar-refractivity contribution >= 4 is 11.7 Å². The fourth-order valence-corrected chi connectivity index (χ4v) is 2.36. The summed E-state index contributed by atoms with van der Waals surface area (Å²) in [7, 11) is 0. The molecule has 0 aliphatic carbocycles. The van der Waals surface area contributed by atoms with E-state index in [-0.39, 0.29) is 24.7 Å². The van der Waals surface area contributed by atoms with E-state index < -0.39 is 0 Å². The minimum atomic E-state index is -0.335. The molecule has 4 N–H and O–H groups in total. The van der Waals surface area contributed by atoms with Crippen molar-refractivity contribution in [2.24, 2.45) is 5.84 Å². The molecular weight excluding hydrogens is 260 g/mol. The summed E-state index contributed by atoms with van der Waals surface area (Å²) < 4.78 is 5.53. The van der Waals surface area contributed by atoms with Crippen molar-refractivity contribution in [2.75, 3.05) is 25.1 Å². The Kier molecular flexibility index (Phi) is 4.53. The minimum absolute atomic E-state index is 0.0973. The number of carbonyl (C=O) groups is 1. The Morgan fingerprint density at radius 1 is 1.60 bits per heavy atom. The Bertz CT molecular complexity index is 495. The first kappa shape index (κ1) is 14.7. The number of hydrogen-bond acceptors (Lipinski definition) is 6. The van der Waals surface area contributed by atoms with Crippen molar-refractivity contribution < 1.29 is 14.6 Å². The fourth-order valence-electron chi connectivity index (χ4n) is 2.36. The van der Waals surface area contributed by atoms with Gasteiger partial charge in [-0.15, -0.1) is 0 Å². The quantitative estimate of drug-likeness (QED) is 0.528. The van der Waals surface area contributed by atoms with E-state index in [9.17, 15) is 9.90 Å². The molecule has 0 saturated carbocycles. The van der Waals surface area contributed by atoms with Gasteiger partial charge in [-0.1, -0.05) is 0 Å². The van der Waals surface area contributed by atoms with Gasteiger partial charge in [-0.05, 0) is 26.0 Å². The number of nitrogens with two attached hydrogens (primary N) is 1. The van der Waals surface area contributed by atoms with Gasteiger partial charge in [-0.3, -0.25) is 4.79 Å². The van der Waals surface area contributed by atoms with Crippen molar-refractivity contribution in [1.82, 2.24) is 9.88 Å². The van der Waals surface area contributed by atoms with E-state index in [0.29, 0.717) is 30.2 Å². The molecule has 1 aliphatic rings. The zero-order valence-corrected chi connectivity index (χ0v) is 11.7. The molecule has 1 fully saturated rings. The second kappa shape index (κ2) is 6.17. The molecule has 1 saturated heterocycles. The number of nitrogens with one attached hydrogen (secondary N) is 1. The van der Waals surface area contributed by atoms with E-state index in [2.05, 4.69) is 10.4 Å². The third kappa shape index (κ3) is 3.24. The van der Waals surface area contributed by atoms with Gasteiger partial charge < -0.3 is 20.2 Å². The number of hydrogen-bond donors (Lipinski definition) is 3. The highest BCUT2D eigenvalue weighted by Gasteiger charge is 2.28. The average Bonchev–Trinajstić information content (AvgIpc) is 2.44. The molecule has 2 atom stereocenters. The summed E-state index contributed by atoms with van der Waals surface area (Å²) in [6, 6.07) is 3.33. The number of nitrogen functional groups attached to an aromatic ring is 1. The van der Waals surface area contributed by atoms with Crippen LogP contribution in [0.2, 0.25) is 0 Å². The number of nitrogens with zero attached hydrogens (tertiary/aromatic N) is 2. The molecule has 0 spiro atoms. The Labute approximate surface area is 117 Å². The van der Waals surface area contributed by atoms with Gasteiger partial charge in [0.2, 0.25) is 0 Å². The minimum Gasteiger partial charge on any atom is -0.394 e. The molecule has 1 aliphatic heterocycles. The number of aromatic nitrogens is 1. The fraction of sp³-hybridized carbons (Fsp3) is 0.538. The first-order chi connectivity index (χ1) is 9.53. The molecule has 20 heavy (non-hydrogen) atoms. The Morgan fingerprint density at radius 2 is 2.35 bits per heavy atom. The zero-order chi connectivity index (χ0) is 14.7. The maximum Gasteiger partial charge on any atom is 0.254 e. The molecule has 0 radical (unpaired) electrons. The van der Waals surface area contributed by atoms with Gasteiger partial charge in [0.05, 0.1) is 18.8 Å². The number of aliphatic hydroxyl groups excluding tert-OH is 1. The van der Waals surface area contributed by atoms with Crippen LogP contribution < -0.4 is 11.3 Å². The number of amides is 1. The van der Waals surface area contributed by atoms with Crippen molar-refractivity contribution in [2.45, 2.75) is 26.1 Å². The van der Waals surface area contributed by atoms with E-state index in [1.165, 1.54) is 0 Å². The van der Waals surface area contributed by atoms with E-state index >= 15 is 0 Å². The number of pyridine rings is 1. The molecule has 110 valence electrons. The van der Waals surface area contributed by atoms with Crippen LogP contribution in [0.1, 0.15) is 23.0 Å². The van der Waals surface area contributed by atoms with Crippen LogP contribution in [0.4, 0.5) is 5.82 Å². The number of carbonyl (C=O) groups excluding carboxylic acids is 1. The first-order valence-electron chi connectivity index (χ1n) is 6.54. The number of hydrazine groups is 1. The summed E-state index contributed by atoms with van der Waals surface area (Å²) in [5.41, 5.74) is 3.68. The van der Waals surface area contributed by atoms with Gasteiger partial charge in [-0.25, -0.2) is 10.8 Å². The van der Waals surface area contributed by atoms with Crippen LogP contribution in [0, 0.1) is 6.92 Å². The molecular formula is C13H20N4O3. The van der Waals surface area contributed by atoms with Crippen LogP contribution in [0.25, 0.3) is 0 Å². The SMILES string of the molecule is Cc1cc(C(=O)N2CC(C)OC(CO)C2)cc(NN)n1. The summed E-state index contributed by atoms with van der Waals surface area (Å²) in [5, 5.41) is 9.21. The third-order valence-electron chi connectivity index (χ3n) is 3.17. The van der Waals surface area contributed by atoms with E-state index in [1.807, 2.05) is 6.92 Å². The highest BCUT2D eigenvalue weighted by atomic mass is 16.5. The highest BCUT2D eigenvalue weighted by Crippen LogP contribution is 2.16. The molecule has 2 unspecified atom stereocenters. The van der Waals surface area contributed by atoms with Crippen molar-refractivity contribution in [3.05, 3.63) is 23.4 Å². The average molecular weight is 280 g/mol. The van der Waals surface area contributed by atoms with Gasteiger partial charge >= 0.3 is 0 Å². The molecule has 2 heterocycles. The maximum absolute atomic E-state index is 12.5. The Balaban J connectivity index is 2.20. The van der Waals surface area contributed by atoms with E-state index in [0.717, 1.165) is 0 Å². The topological polar surface area (TPSA) is 101 Å². The highest BCUT2D eigenvalue weighted by molar-refractivity contribution is 5.95. The zero-order valence-electron chi connectivity index (χ0n) is 11.7. The second-order valence-corrected chi connectivity index (χ2v) is 4.99. The molecule has 1 amide bonds. The van der Waals surface area contributed by atoms with Crippen LogP contribution in [0.3, 0.4) is 0 Å². The number of anilines is 1. The van der Waals surface area contributed by atoms with Gasteiger partial charge in [0.1, 0.15) is 5.82 Å².